The Balaban J connectivity index is 2.19. The van der Waals surface area contributed by atoms with Crippen molar-refractivity contribution in [1.82, 2.24) is 9.97 Å². The summed E-state index contributed by atoms with van der Waals surface area (Å²) in [6, 6.07) is 11.6. The van der Waals surface area contributed by atoms with E-state index in [1.165, 1.54) is 6.33 Å². The third-order valence-corrected chi connectivity index (χ3v) is 4.55. The molecule has 0 atom stereocenters. The summed E-state index contributed by atoms with van der Waals surface area (Å²) in [5.74, 6) is 0.795. The predicted octanol–water partition coefficient (Wildman–Crippen LogP) is 4.50. The summed E-state index contributed by atoms with van der Waals surface area (Å²) < 4.78 is 5.76. The van der Waals surface area contributed by atoms with Crippen LogP contribution in [-0.4, -0.2) is 17.1 Å². The normalized spacial score (nSPS) is 11.7. The molecule has 0 fully saturated rings. The van der Waals surface area contributed by atoms with E-state index in [1.807, 2.05) is 48.6 Å². The Morgan fingerprint density at radius 3 is 2.43 bits per heavy atom. The first-order valence-electron chi connectivity index (χ1n) is 9.09. The SMILES string of the molecule is COc1c(/C=C/c2ccc(N)cc2)cc(-c2cnc[nH]c2=O)cc1C(C)(C)C. The zero-order valence-corrected chi connectivity index (χ0v) is 16.6. The summed E-state index contributed by atoms with van der Waals surface area (Å²) in [6.07, 6.45) is 6.97. The number of hydrogen-bond acceptors (Lipinski definition) is 4. The van der Waals surface area contributed by atoms with Crippen LogP contribution in [0.15, 0.2) is 53.7 Å². The van der Waals surface area contributed by atoms with E-state index in [-0.39, 0.29) is 11.0 Å². The van der Waals surface area contributed by atoms with Crippen LogP contribution in [0.1, 0.15) is 37.5 Å². The van der Waals surface area contributed by atoms with Crippen LogP contribution < -0.4 is 16.0 Å². The van der Waals surface area contributed by atoms with Gasteiger partial charge in [0.1, 0.15) is 5.75 Å². The van der Waals surface area contributed by atoms with Crippen molar-refractivity contribution in [2.45, 2.75) is 26.2 Å². The highest BCUT2D eigenvalue weighted by molar-refractivity contribution is 5.78. The van der Waals surface area contributed by atoms with Crippen molar-refractivity contribution in [2.75, 3.05) is 12.8 Å². The number of nitrogens with two attached hydrogens (primary N) is 1. The van der Waals surface area contributed by atoms with Crippen LogP contribution >= 0.6 is 0 Å². The number of rotatable bonds is 4. The van der Waals surface area contributed by atoms with Gasteiger partial charge in [-0.15, -0.1) is 0 Å². The Morgan fingerprint density at radius 1 is 1.11 bits per heavy atom. The summed E-state index contributed by atoms with van der Waals surface area (Å²) in [5, 5.41) is 0. The fraction of sp³-hybridized carbons (Fsp3) is 0.217. The van der Waals surface area contributed by atoms with Gasteiger partial charge in [0.05, 0.1) is 19.0 Å². The number of nitrogens with one attached hydrogen (secondary N) is 1. The molecule has 0 spiro atoms. The van der Waals surface area contributed by atoms with Gasteiger partial charge in [0.15, 0.2) is 0 Å². The molecule has 5 nitrogen and oxygen atoms in total. The topological polar surface area (TPSA) is 81.0 Å². The molecule has 28 heavy (non-hydrogen) atoms. The molecule has 2 aromatic carbocycles. The number of methoxy groups -OCH3 is 1. The lowest BCUT2D eigenvalue weighted by molar-refractivity contribution is 0.397. The monoisotopic (exact) mass is 375 g/mol. The second kappa shape index (κ2) is 7.72. The van der Waals surface area contributed by atoms with E-state index in [1.54, 1.807) is 13.3 Å². The lowest BCUT2D eigenvalue weighted by Gasteiger charge is -2.24. The Labute approximate surface area is 164 Å². The summed E-state index contributed by atoms with van der Waals surface area (Å²) in [4.78, 5) is 19.0. The molecule has 1 aromatic heterocycles. The molecule has 0 saturated heterocycles. The van der Waals surface area contributed by atoms with Crippen molar-refractivity contribution in [3.63, 3.8) is 0 Å². The van der Waals surface area contributed by atoms with Crippen molar-refractivity contribution < 1.29 is 4.74 Å². The molecule has 144 valence electrons. The molecular formula is C23H25N3O2. The zero-order chi connectivity index (χ0) is 20.3. The Hall–Kier alpha value is -3.34. The smallest absolute Gasteiger partial charge is 0.258 e. The summed E-state index contributed by atoms with van der Waals surface area (Å²) >= 11 is 0. The highest BCUT2D eigenvalue weighted by Gasteiger charge is 2.22. The van der Waals surface area contributed by atoms with Crippen LogP contribution in [0.5, 0.6) is 5.75 Å². The highest BCUT2D eigenvalue weighted by atomic mass is 16.5. The summed E-state index contributed by atoms with van der Waals surface area (Å²) in [7, 11) is 1.67. The van der Waals surface area contributed by atoms with Crippen molar-refractivity contribution >= 4 is 17.8 Å². The van der Waals surface area contributed by atoms with E-state index in [2.05, 4.69) is 30.7 Å². The van der Waals surface area contributed by atoms with Gasteiger partial charge in [-0.3, -0.25) is 4.79 Å². The van der Waals surface area contributed by atoms with Crippen LogP contribution in [0.4, 0.5) is 5.69 Å². The molecule has 0 unspecified atom stereocenters. The van der Waals surface area contributed by atoms with E-state index in [0.717, 1.165) is 33.7 Å². The van der Waals surface area contributed by atoms with Crippen LogP contribution in [0.2, 0.25) is 0 Å². The van der Waals surface area contributed by atoms with Crippen LogP contribution in [0, 0.1) is 0 Å². The van der Waals surface area contributed by atoms with Gasteiger partial charge in [-0.2, -0.15) is 0 Å². The van der Waals surface area contributed by atoms with Crippen molar-refractivity contribution in [3.8, 4) is 16.9 Å². The number of anilines is 1. The largest absolute Gasteiger partial charge is 0.496 e. The molecule has 3 N–H and O–H groups in total. The Kier molecular flexibility index (Phi) is 5.36. The first-order chi connectivity index (χ1) is 13.3. The molecule has 0 bridgehead atoms. The first-order valence-corrected chi connectivity index (χ1v) is 9.09. The van der Waals surface area contributed by atoms with E-state index in [0.29, 0.717) is 5.56 Å². The van der Waals surface area contributed by atoms with Gasteiger partial charge in [0.2, 0.25) is 0 Å². The standard InChI is InChI=1S/C23H25N3O2/c1-23(2,3)20-12-17(19-13-25-14-26-22(19)27)11-16(21(20)28-4)8-5-15-6-9-18(24)10-7-15/h5-14H,24H2,1-4H3,(H,25,26,27)/b8-5+. The van der Waals surface area contributed by atoms with Crippen LogP contribution in [-0.2, 0) is 5.41 Å². The molecular weight excluding hydrogens is 350 g/mol. The van der Waals surface area contributed by atoms with Gasteiger partial charge in [0.25, 0.3) is 5.56 Å². The molecule has 0 radical (unpaired) electrons. The third kappa shape index (κ3) is 4.14. The molecule has 0 amide bonds. The van der Waals surface area contributed by atoms with E-state index in [4.69, 9.17) is 10.5 Å². The molecule has 3 rings (SSSR count). The molecule has 0 saturated carbocycles. The predicted molar refractivity (Wildman–Crippen MR) is 115 cm³/mol. The molecule has 0 aliphatic heterocycles. The lowest BCUT2D eigenvalue weighted by Crippen LogP contribution is -2.15. The number of aromatic nitrogens is 2. The molecule has 0 aliphatic rings. The Bertz CT molecular complexity index is 1060. The number of H-pyrrole nitrogens is 1. The molecule has 0 aliphatic carbocycles. The Morgan fingerprint density at radius 2 is 1.82 bits per heavy atom. The minimum absolute atomic E-state index is 0.167. The fourth-order valence-electron chi connectivity index (χ4n) is 3.06. The maximum absolute atomic E-state index is 12.3. The summed E-state index contributed by atoms with van der Waals surface area (Å²) in [6.45, 7) is 6.36. The number of benzene rings is 2. The molecule has 5 heteroatoms. The zero-order valence-electron chi connectivity index (χ0n) is 16.6. The number of hydrogen-bond donors (Lipinski definition) is 2. The minimum atomic E-state index is -0.173. The van der Waals surface area contributed by atoms with Gasteiger partial charge in [-0.1, -0.05) is 45.1 Å². The second-order valence-electron chi connectivity index (χ2n) is 7.69. The van der Waals surface area contributed by atoms with Crippen molar-refractivity contribution in [1.29, 1.82) is 0 Å². The minimum Gasteiger partial charge on any atom is -0.496 e. The summed E-state index contributed by atoms with van der Waals surface area (Å²) in [5.41, 5.74) is 10.4. The maximum atomic E-state index is 12.3. The van der Waals surface area contributed by atoms with Crippen LogP contribution in [0.3, 0.4) is 0 Å². The van der Waals surface area contributed by atoms with Crippen LogP contribution in [0.25, 0.3) is 23.3 Å². The number of nitrogen functional groups attached to an aromatic ring is 1. The number of nitrogens with zero attached hydrogens (tertiary/aromatic N) is 1. The van der Waals surface area contributed by atoms with Crippen molar-refractivity contribution in [2.24, 2.45) is 0 Å². The molecule has 3 aromatic rings. The highest BCUT2D eigenvalue weighted by Crippen LogP contribution is 2.38. The second-order valence-corrected chi connectivity index (χ2v) is 7.69. The van der Waals surface area contributed by atoms with Crippen molar-refractivity contribution in [3.05, 3.63) is 76.0 Å². The van der Waals surface area contributed by atoms with Gasteiger partial charge in [0, 0.05) is 23.0 Å². The van der Waals surface area contributed by atoms with E-state index >= 15 is 0 Å². The van der Waals surface area contributed by atoms with Gasteiger partial charge >= 0.3 is 0 Å². The average Bonchev–Trinajstić information content (AvgIpc) is 2.66. The van der Waals surface area contributed by atoms with E-state index < -0.39 is 0 Å². The van der Waals surface area contributed by atoms with Gasteiger partial charge < -0.3 is 15.5 Å². The average molecular weight is 375 g/mol. The third-order valence-electron chi connectivity index (χ3n) is 4.55. The quantitative estimate of drug-likeness (QED) is 0.520. The molecule has 1 heterocycles. The van der Waals surface area contributed by atoms with Gasteiger partial charge in [-0.05, 0) is 40.8 Å². The number of aromatic amines is 1. The number of ether oxygens (including phenoxy) is 1. The lowest BCUT2D eigenvalue weighted by atomic mass is 9.83. The van der Waals surface area contributed by atoms with E-state index in [9.17, 15) is 4.79 Å². The first kappa shape index (κ1) is 19.4. The maximum Gasteiger partial charge on any atom is 0.258 e. The fourth-order valence-corrected chi connectivity index (χ4v) is 3.06. The van der Waals surface area contributed by atoms with Gasteiger partial charge in [-0.25, -0.2) is 4.98 Å².